The summed E-state index contributed by atoms with van der Waals surface area (Å²) in [7, 11) is 0. The lowest BCUT2D eigenvalue weighted by atomic mass is 10.5. The first kappa shape index (κ1) is 8.01. The molecule has 52 valence electrons. The highest BCUT2D eigenvalue weighted by Gasteiger charge is 1.91. The highest BCUT2D eigenvalue weighted by atomic mass is 16.5. The summed E-state index contributed by atoms with van der Waals surface area (Å²) in [4.78, 5) is 9.93. The van der Waals surface area contributed by atoms with Gasteiger partial charge in [0, 0.05) is 0 Å². The number of ether oxygens (including phenoxy) is 1. The van der Waals surface area contributed by atoms with E-state index in [9.17, 15) is 4.79 Å². The summed E-state index contributed by atoms with van der Waals surface area (Å²) in [6.45, 7) is 3.92. The topological polar surface area (TPSA) is 46.5 Å². The number of carboxylic acids is 1. The number of hydrogen-bond acceptors (Lipinski definition) is 2. The molecule has 0 rings (SSSR count). The average molecular weight is 130 g/mol. The predicted octanol–water partition coefficient (Wildman–Crippen LogP) is 1.01. The zero-order valence-electron chi connectivity index (χ0n) is 5.55. The maximum absolute atomic E-state index is 9.93. The van der Waals surface area contributed by atoms with Crippen LogP contribution in [0.15, 0.2) is 11.8 Å². The van der Waals surface area contributed by atoms with E-state index in [2.05, 4.69) is 0 Å². The number of hydrogen-bond donors (Lipinski definition) is 1. The molecule has 0 aromatic carbocycles. The molecule has 0 aromatic heterocycles. The van der Waals surface area contributed by atoms with Gasteiger partial charge in [0.15, 0.2) is 0 Å². The highest BCUT2D eigenvalue weighted by Crippen LogP contribution is 1.92. The number of carboxylic acid groups (broad SMARTS) is 1. The van der Waals surface area contributed by atoms with Gasteiger partial charge in [0.25, 0.3) is 0 Å². The first-order valence-electron chi connectivity index (χ1n) is 2.70. The fourth-order valence-electron chi connectivity index (χ4n) is 0.443. The van der Waals surface area contributed by atoms with Crippen LogP contribution in [0.25, 0.3) is 0 Å². The smallest absolute Gasteiger partial charge is 0.331 e. The predicted molar refractivity (Wildman–Crippen MR) is 33.0 cm³/mol. The van der Waals surface area contributed by atoms with E-state index in [1.165, 1.54) is 0 Å². The zero-order valence-corrected chi connectivity index (χ0v) is 5.55. The van der Waals surface area contributed by atoms with Crippen LogP contribution in [0.1, 0.15) is 13.8 Å². The van der Waals surface area contributed by atoms with Gasteiger partial charge in [-0.1, -0.05) is 0 Å². The van der Waals surface area contributed by atoms with Crippen LogP contribution >= 0.6 is 0 Å². The molecular weight excluding hydrogens is 120 g/mol. The Morgan fingerprint density at radius 2 is 2.33 bits per heavy atom. The molecule has 0 aliphatic heterocycles. The number of carbonyl (C=O) groups is 1. The lowest BCUT2D eigenvalue weighted by Crippen LogP contribution is -1.93. The van der Waals surface area contributed by atoms with Crippen LogP contribution < -0.4 is 0 Å². The molecule has 0 fully saturated rings. The van der Waals surface area contributed by atoms with Gasteiger partial charge in [-0.3, -0.25) is 0 Å². The summed E-state index contributed by atoms with van der Waals surface area (Å²) in [5, 5.41) is 8.15. The standard InChI is InChI=1S/C6H10O3/c1-3-9-5(2)4-6(7)8/h4H,3H2,1-2H3,(H,7,8)/b5-4+. The van der Waals surface area contributed by atoms with Crippen molar-refractivity contribution in [2.24, 2.45) is 0 Å². The lowest BCUT2D eigenvalue weighted by Gasteiger charge is -1.98. The minimum absolute atomic E-state index is 0.435. The van der Waals surface area contributed by atoms with Gasteiger partial charge in [0.05, 0.1) is 12.7 Å². The highest BCUT2D eigenvalue weighted by molar-refractivity contribution is 5.80. The third-order valence-electron chi connectivity index (χ3n) is 0.699. The molecule has 0 saturated heterocycles. The second-order valence-corrected chi connectivity index (χ2v) is 1.53. The third kappa shape index (κ3) is 4.87. The van der Waals surface area contributed by atoms with E-state index in [4.69, 9.17) is 9.84 Å². The fourth-order valence-corrected chi connectivity index (χ4v) is 0.443. The van der Waals surface area contributed by atoms with Gasteiger partial charge in [-0.25, -0.2) is 4.79 Å². The van der Waals surface area contributed by atoms with Crippen molar-refractivity contribution in [2.75, 3.05) is 6.61 Å². The first-order chi connectivity index (χ1) is 4.16. The quantitative estimate of drug-likeness (QED) is 0.458. The summed E-state index contributed by atoms with van der Waals surface area (Å²) in [5.74, 6) is -0.536. The number of allylic oxidation sites excluding steroid dienone is 1. The minimum atomic E-state index is -0.971. The Labute approximate surface area is 53.9 Å². The number of rotatable bonds is 3. The summed E-state index contributed by atoms with van der Waals surface area (Å²) < 4.78 is 4.83. The molecule has 0 aromatic rings. The van der Waals surface area contributed by atoms with Gasteiger partial charge in [-0.05, 0) is 13.8 Å². The Kier molecular flexibility index (Phi) is 3.51. The Morgan fingerprint density at radius 3 is 2.67 bits per heavy atom. The lowest BCUT2D eigenvalue weighted by molar-refractivity contribution is -0.131. The molecule has 0 atom stereocenters. The van der Waals surface area contributed by atoms with Crippen LogP contribution in [0.3, 0.4) is 0 Å². The first-order valence-corrected chi connectivity index (χ1v) is 2.70. The zero-order chi connectivity index (χ0) is 7.28. The van der Waals surface area contributed by atoms with Crippen molar-refractivity contribution in [1.29, 1.82) is 0 Å². The molecule has 0 spiro atoms. The fraction of sp³-hybridized carbons (Fsp3) is 0.500. The molecule has 0 saturated carbocycles. The van der Waals surface area contributed by atoms with E-state index >= 15 is 0 Å². The summed E-state index contributed by atoms with van der Waals surface area (Å²) in [6, 6.07) is 0. The maximum atomic E-state index is 9.93. The van der Waals surface area contributed by atoms with Gasteiger partial charge < -0.3 is 9.84 Å². The molecule has 0 bridgehead atoms. The van der Waals surface area contributed by atoms with E-state index in [0.29, 0.717) is 12.4 Å². The van der Waals surface area contributed by atoms with Crippen LogP contribution in [-0.2, 0) is 9.53 Å². The van der Waals surface area contributed by atoms with Crippen LogP contribution in [-0.4, -0.2) is 17.7 Å². The Bertz CT molecular complexity index is 126. The third-order valence-corrected chi connectivity index (χ3v) is 0.699. The molecule has 0 heterocycles. The SMILES string of the molecule is CCO/C(C)=C/C(=O)O. The summed E-state index contributed by atoms with van der Waals surface area (Å²) in [5.41, 5.74) is 0. The van der Waals surface area contributed by atoms with Crippen molar-refractivity contribution in [3.8, 4) is 0 Å². The van der Waals surface area contributed by atoms with Crippen LogP contribution in [0.5, 0.6) is 0 Å². The van der Waals surface area contributed by atoms with Crippen LogP contribution in [0.2, 0.25) is 0 Å². The van der Waals surface area contributed by atoms with E-state index in [0.717, 1.165) is 6.08 Å². The van der Waals surface area contributed by atoms with E-state index in [-0.39, 0.29) is 0 Å². The van der Waals surface area contributed by atoms with E-state index < -0.39 is 5.97 Å². The molecule has 0 unspecified atom stereocenters. The van der Waals surface area contributed by atoms with Gasteiger partial charge >= 0.3 is 5.97 Å². The molecule has 1 N–H and O–H groups in total. The molecule has 0 radical (unpaired) electrons. The van der Waals surface area contributed by atoms with Crippen molar-refractivity contribution in [3.63, 3.8) is 0 Å². The van der Waals surface area contributed by atoms with Crippen molar-refractivity contribution >= 4 is 5.97 Å². The molecule has 0 aliphatic rings. The average Bonchev–Trinajstić information content (AvgIpc) is 1.63. The summed E-state index contributed by atoms with van der Waals surface area (Å²) >= 11 is 0. The monoisotopic (exact) mass is 130 g/mol. The van der Waals surface area contributed by atoms with Gasteiger partial charge in [0.2, 0.25) is 0 Å². The van der Waals surface area contributed by atoms with Crippen molar-refractivity contribution in [2.45, 2.75) is 13.8 Å². The molecule has 3 nitrogen and oxygen atoms in total. The molecule has 0 amide bonds. The second kappa shape index (κ2) is 3.95. The molecule has 3 heteroatoms. The van der Waals surface area contributed by atoms with Crippen molar-refractivity contribution < 1.29 is 14.6 Å². The van der Waals surface area contributed by atoms with E-state index in [1.807, 2.05) is 0 Å². The largest absolute Gasteiger partial charge is 0.498 e. The van der Waals surface area contributed by atoms with Gasteiger partial charge in [-0.15, -0.1) is 0 Å². The molecular formula is C6H10O3. The minimum Gasteiger partial charge on any atom is -0.498 e. The van der Waals surface area contributed by atoms with Gasteiger partial charge in [0.1, 0.15) is 5.76 Å². The van der Waals surface area contributed by atoms with E-state index in [1.54, 1.807) is 13.8 Å². The van der Waals surface area contributed by atoms with Crippen molar-refractivity contribution in [1.82, 2.24) is 0 Å². The van der Waals surface area contributed by atoms with Crippen LogP contribution in [0.4, 0.5) is 0 Å². The Balaban J connectivity index is 3.69. The second-order valence-electron chi connectivity index (χ2n) is 1.53. The summed E-state index contributed by atoms with van der Waals surface area (Å²) in [6.07, 6.45) is 1.03. The molecule has 9 heavy (non-hydrogen) atoms. The maximum Gasteiger partial charge on any atom is 0.331 e. The number of aliphatic carboxylic acids is 1. The van der Waals surface area contributed by atoms with Crippen LogP contribution in [0, 0.1) is 0 Å². The Hall–Kier alpha value is -0.990. The normalized spacial score (nSPS) is 11.1. The Morgan fingerprint density at radius 1 is 1.78 bits per heavy atom. The van der Waals surface area contributed by atoms with Gasteiger partial charge in [-0.2, -0.15) is 0 Å². The van der Waals surface area contributed by atoms with Crippen molar-refractivity contribution in [3.05, 3.63) is 11.8 Å². The molecule has 0 aliphatic carbocycles.